The van der Waals surface area contributed by atoms with Crippen LogP contribution in [0.1, 0.15) is 4.88 Å². The first-order valence-corrected chi connectivity index (χ1v) is 6.77. The highest BCUT2D eigenvalue weighted by Gasteiger charge is 2.14. The van der Waals surface area contributed by atoms with Crippen LogP contribution in [0.2, 0.25) is 0 Å². The summed E-state index contributed by atoms with van der Waals surface area (Å²) in [7, 11) is 3.30. The van der Waals surface area contributed by atoms with Crippen molar-refractivity contribution in [3.8, 4) is 0 Å². The van der Waals surface area contributed by atoms with Crippen molar-refractivity contribution >= 4 is 23.0 Å². The maximum Gasteiger partial charge on any atom is 0.168 e. The molecular formula is C13H15F2N3S. The quantitative estimate of drug-likeness (QED) is 0.913. The molecule has 0 fully saturated rings. The number of anilines is 2. The van der Waals surface area contributed by atoms with Crippen molar-refractivity contribution in [2.75, 3.05) is 30.9 Å². The number of likely N-dealkylation sites (N-methyl/N-ethyl adjacent to an activating group) is 1. The van der Waals surface area contributed by atoms with Gasteiger partial charge in [-0.1, -0.05) is 6.07 Å². The normalized spacial score (nSPS) is 10.5. The van der Waals surface area contributed by atoms with Crippen LogP contribution >= 0.6 is 11.3 Å². The molecule has 2 aromatic rings. The van der Waals surface area contributed by atoms with E-state index in [0.717, 1.165) is 12.5 Å². The van der Waals surface area contributed by atoms with Gasteiger partial charge in [-0.3, -0.25) is 0 Å². The van der Waals surface area contributed by atoms with Crippen LogP contribution in [0.5, 0.6) is 0 Å². The molecule has 6 heteroatoms. The van der Waals surface area contributed by atoms with Gasteiger partial charge in [-0.15, -0.1) is 11.3 Å². The maximum absolute atomic E-state index is 13.7. The molecule has 0 aliphatic carbocycles. The second-order valence-electron chi connectivity index (χ2n) is 4.13. The smallest absolute Gasteiger partial charge is 0.168 e. The predicted molar refractivity (Wildman–Crippen MR) is 75.0 cm³/mol. The molecule has 19 heavy (non-hydrogen) atoms. The number of pyridine rings is 1. The van der Waals surface area contributed by atoms with Crippen molar-refractivity contribution < 1.29 is 8.78 Å². The molecule has 0 saturated heterocycles. The van der Waals surface area contributed by atoms with Gasteiger partial charge in [0.05, 0.1) is 0 Å². The van der Waals surface area contributed by atoms with E-state index in [1.54, 1.807) is 30.3 Å². The highest BCUT2D eigenvalue weighted by Crippen LogP contribution is 2.21. The number of rotatable bonds is 5. The summed E-state index contributed by atoms with van der Waals surface area (Å²) in [5.41, 5.74) is 0. The monoisotopic (exact) mass is 283 g/mol. The Bertz CT molecular complexity index is 543. The fraction of sp³-hybridized carbons (Fsp3) is 0.308. The van der Waals surface area contributed by atoms with E-state index in [1.165, 1.54) is 4.88 Å². The summed E-state index contributed by atoms with van der Waals surface area (Å²) in [6.45, 7) is 0.624. The zero-order chi connectivity index (χ0) is 13.8. The van der Waals surface area contributed by atoms with Gasteiger partial charge in [-0.25, -0.2) is 13.8 Å². The Morgan fingerprint density at radius 1 is 1.37 bits per heavy atom. The van der Waals surface area contributed by atoms with E-state index < -0.39 is 11.6 Å². The molecule has 2 rings (SSSR count). The molecule has 0 aromatic carbocycles. The summed E-state index contributed by atoms with van der Waals surface area (Å²) in [6.07, 6.45) is 0.807. The minimum atomic E-state index is -0.685. The molecule has 3 nitrogen and oxygen atoms in total. The first-order chi connectivity index (χ1) is 9.11. The zero-order valence-corrected chi connectivity index (χ0v) is 11.6. The first kappa shape index (κ1) is 13.7. The van der Waals surface area contributed by atoms with Crippen molar-refractivity contribution in [1.29, 1.82) is 0 Å². The highest BCUT2D eigenvalue weighted by atomic mass is 32.1. The van der Waals surface area contributed by atoms with Crippen LogP contribution in [0, 0.1) is 11.6 Å². The van der Waals surface area contributed by atoms with Gasteiger partial charge in [0, 0.05) is 31.6 Å². The van der Waals surface area contributed by atoms with E-state index in [-0.39, 0.29) is 11.6 Å². The number of nitrogens with zero attached hydrogens (tertiary/aromatic N) is 2. The molecule has 0 atom stereocenters. The van der Waals surface area contributed by atoms with Crippen LogP contribution in [0.4, 0.5) is 20.4 Å². The van der Waals surface area contributed by atoms with Gasteiger partial charge in [0.1, 0.15) is 0 Å². The van der Waals surface area contributed by atoms with Crippen molar-refractivity contribution in [1.82, 2.24) is 4.98 Å². The summed E-state index contributed by atoms with van der Waals surface area (Å²) in [6, 6.07) is 4.87. The lowest BCUT2D eigenvalue weighted by Gasteiger charge is -2.19. The third-order valence-corrected chi connectivity index (χ3v) is 3.72. The summed E-state index contributed by atoms with van der Waals surface area (Å²) >= 11 is 1.66. The molecule has 0 unspecified atom stereocenters. The van der Waals surface area contributed by atoms with Crippen LogP contribution in [0.15, 0.2) is 23.6 Å². The molecule has 0 amide bonds. The molecule has 2 heterocycles. The lowest BCUT2D eigenvalue weighted by atomic mass is 10.3. The molecule has 0 aliphatic rings. The van der Waals surface area contributed by atoms with Gasteiger partial charge < -0.3 is 10.2 Å². The number of halogens is 2. The largest absolute Gasteiger partial charge is 0.371 e. The Balaban J connectivity index is 2.11. The second-order valence-corrected chi connectivity index (χ2v) is 5.16. The van der Waals surface area contributed by atoms with E-state index in [9.17, 15) is 8.78 Å². The molecule has 0 spiro atoms. The minimum Gasteiger partial charge on any atom is -0.371 e. The van der Waals surface area contributed by atoms with E-state index in [0.29, 0.717) is 6.54 Å². The Labute approximate surface area is 114 Å². The van der Waals surface area contributed by atoms with Gasteiger partial charge in [0.2, 0.25) is 0 Å². The van der Waals surface area contributed by atoms with Gasteiger partial charge >= 0.3 is 0 Å². The fourth-order valence-electron chi connectivity index (χ4n) is 1.74. The number of aromatic nitrogens is 1. The Kier molecular flexibility index (Phi) is 4.31. The number of hydrogen-bond acceptors (Lipinski definition) is 4. The van der Waals surface area contributed by atoms with Crippen molar-refractivity contribution in [2.45, 2.75) is 6.42 Å². The summed E-state index contributed by atoms with van der Waals surface area (Å²) in [4.78, 5) is 6.87. The van der Waals surface area contributed by atoms with E-state index in [2.05, 4.69) is 10.3 Å². The third-order valence-electron chi connectivity index (χ3n) is 2.78. The minimum absolute atomic E-state index is 0.0550. The maximum atomic E-state index is 13.7. The summed E-state index contributed by atoms with van der Waals surface area (Å²) < 4.78 is 27.0. The van der Waals surface area contributed by atoms with Crippen LogP contribution in [-0.2, 0) is 6.42 Å². The van der Waals surface area contributed by atoms with E-state index in [4.69, 9.17) is 0 Å². The molecule has 102 valence electrons. The number of nitrogens with one attached hydrogen (secondary N) is 1. The number of hydrogen-bond donors (Lipinski definition) is 1. The average molecular weight is 283 g/mol. The standard InChI is InChI=1S/C13H15F2N3S/c1-16-12-10(14)8-11(15)13(17-12)18(2)6-5-9-4-3-7-19-9/h3-4,7-8H,5-6H2,1-2H3,(H,16,17). The molecule has 0 aliphatic heterocycles. The van der Waals surface area contributed by atoms with Crippen LogP contribution < -0.4 is 10.2 Å². The van der Waals surface area contributed by atoms with Gasteiger partial charge in [0.25, 0.3) is 0 Å². The topological polar surface area (TPSA) is 28.2 Å². The Morgan fingerprint density at radius 2 is 2.16 bits per heavy atom. The summed E-state index contributed by atoms with van der Waals surface area (Å²) in [5, 5.41) is 4.62. The third kappa shape index (κ3) is 3.20. The van der Waals surface area contributed by atoms with Crippen molar-refractivity contribution in [3.05, 3.63) is 40.1 Å². The molecule has 0 bridgehead atoms. The van der Waals surface area contributed by atoms with Crippen LogP contribution in [-0.4, -0.2) is 25.6 Å². The zero-order valence-electron chi connectivity index (χ0n) is 10.8. The first-order valence-electron chi connectivity index (χ1n) is 5.89. The lowest BCUT2D eigenvalue weighted by Crippen LogP contribution is -2.23. The highest BCUT2D eigenvalue weighted by molar-refractivity contribution is 7.09. The van der Waals surface area contributed by atoms with Gasteiger partial charge in [0.15, 0.2) is 23.3 Å². The molecular weight excluding hydrogens is 268 g/mol. The molecule has 1 N–H and O–H groups in total. The van der Waals surface area contributed by atoms with Gasteiger partial charge in [-0.05, 0) is 17.9 Å². The molecule has 0 radical (unpaired) electrons. The van der Waals surface area contributed by atoms with E-state index in [1.807, 2.05) is 17.5 Å². The lowest BCUT2D eigenvalue weighted by molar-refractivity contribution is 0.573. The molecule has 0 saturated carbocycles. The SMILES string of the molecule is CNc1nc(N(C)CCc2cccs2)c(F)cc1F. The van der Waals surface area contributed by atoms with Crippen LogP contribution in [0.3, 0.4) is 0 Å². The fourth-order valence-corrected chi connectivity index (χ4v) is 2.44. The van der Waals surface area contributed by atoms with E-state index >= 15 is 0 Å². The van der Waals surface area contributed by atoms with Gasteiger partial charge in [-0.2, -0.15) is 0 Å². The Hall–Kier alpha value is -1.69. The number of thiophene rings is 1. The molecule has 2 aromatic heterocycles. The predicted octanol–water partition coefficient (Wildman–Crippen LogP) is 3.14. The Morgan fingerprint density at radius 3 is 2.79 bits per heavy atom. The van der Waals surface area contributed by atoms with Crippen LogP contribution in [0.25, 0.3) is 0 Å². The average Bonchev–Trinajstić information content (AvgIpc) is 2.89. The summed E-state index contributed by atoms with van der Waals surface area (Å²) in [5.74, 6) is -1.12. The van der Waals surface area contributed by atoms with Crippen molar-refractivity contribution in [3.63, 3.8) is 0 Å². The van der Waals surface area contributed by atoms with Crippen molar-refractivity contribution in [2.24, 2.45) is 0 Å². The second kappa shape index (κ2) is 5.97.